The van der Waals surface area contributed by atoms with Crippen LogP contribution in [0.25, 0.3) is 0 Å². The van der Waals surface area contributed by atoms with Crippen LogP contribution in [0.15, 0.2) is 24.3 Å². The Labute approximate surface area is 102 Å². The van der Waals surface area contributed by atoms with E-state index in [0.29, 0.717) is 19.1 Å². The molecule has 0 aromatic heterocycles. The van der Waals surface area contributed by atoms with E-state index >= 15 is 0 Å². The number of hydrogen-bond donors (Lipinski definition) is 3. The van der Waals surface area contributed by atoms with E-state index in [1.807, 2.05) is 6.08 Å². The second-order valence-electron chi connectivity index (χ2n) is 4.38. The van der Waals surface area contributed by atoms with Crippen molar-refractivity contribution in [1.29, 1.82) is 0 Å². The SMILES string of the molecule is C=CCON[C@H]1CN[C@H](C(N)=O)C=C1C(C)C. The van der Waals surface area contributed by atoms with Crippen molar-refractivity contribution in [1.82, 2.24) is 10.8 Å². The first-order valence-corrected chi connectivity index (χ1v) is 5.78. The van der Waals surface area contributed by atoms with Crippen LogP contribution in [0.1, 0.15) is 13.8 Å². The second-order valence-corrected chi connectivity index (χ2v) is 4.38. The third-order valence-corrected chi connectivity index (χ3v) is 2.70. The molecule has 1 heterocycles. The standard InChI is InChI=1S/C12H21N3O2/c1-4-5-17-15-11-7-14-10(12(13)16)6-9(11)8(2)3/h4,6,8,10-11,14-15H,1,5,7H2,2-3H3,(H2,13,16)/t10-,11-/m0/s1. The van der Waals surface area contributed by atoms with Gasteiger partial charge in [0.05, 0.1) is 12.6 Å². The fraction of sp³-hybridized carbons (Fsp3) is 0.583. The molecule has 2 atom stereocenters. The van der Waals surface area contributed by atoms with Gasteiger partial charge in [0.1, 0.15) is 6.04 Å². The summed E-state index contributed by atoms with van der Waals surface area (Å²) >= 11 is 0. The Kier molecular flexibility index (Phi) is 5.34. The summed E-state index contributed by atoms with van der Waals surface area (Å²) in [5.41, 5.74) is 9.38. The molecule has 0 aromatic carbocycles. The number of primary amides is 1. The largest absolute Gasteiger partial charge is 0.368 e. The highest BCUT2D eigenvalue weighted by atomic mass is 16.6. The highest BCUT2D eigenvalue weighted by Gasteiger charge is 2.26. The number of carbonyl (C=O) groups is 1. The quantitative estimate of drug-likeness (QED) is 0.349. The summed E-state index contributed by atoms with van der Waals surface area (Å²) in [5.74, 6) is -0.0163. The lowest BCUT2D eigenvalue weighted by Crippen LogP contribution is -2.52. The van der Waals surface area contributed by atoms with Crippen LogP contribution < -0.4 is 16.5 Å². The minimum Gasteiger partial charge on any atom is -0.368 e. The number of carbonyl (C=O) groups excluding carboxylic acids is 1. The lowest BCUT2D eigenvalue weighted by atomic mass is 9.91. The van der Waals surface area contributed by atoms with Gasteiger partial charge in [-0.2, -0.15) is 5.48 Å². The molecule has 0 fully saturated rings. The first kappa shape index (κ1) is 13.9. The maximum absolute atomic E-state index is 11.1. The molecule has 0 saturated heterocycles. The molecule has 96 valence electrons. The molecule has 0 spiro atoms. The molecule has 1 amide bonds. The van der Waals surface area contributed by atoms with Gasteiger partial charge in [-0.15, -0.1) is 6.58 Å². The maximum Gasteiger partial charge on any atom is 0.238 e. The number of hydroxylamine groups is 1. The maximum atomic E-state index is 11.1. The lowest BCUT2D eigenvalue weighted by molar-refractivity contribution is -0.119. The van der Waals surface area contributed by atoms with Gasteiger partial charge in [0.25, 0.3) is 0 Å². The van der Waals surface area contributed by atoms with Gasteiger partial charge < -0.3 is 11.1 Å². The van der Waals surface area contributed by atoms with Gasteiger partial charge >= 0.3 is 0 Å². The van der Waals surface area contributed by atoms with E-state index in [1.165, 1.54) is 0 Å². The highest BCUT2D eigenvalue weighted by Crippen LogP contribution is 2.18. The summed E-state index contributed by atoms with van der Waals surface area (Å²) in [6.45, 7) is 8.80. The van der Waals surface area contributed by atoms with Crippen LogP contribution in [0, 0.1) is 5.92 Å². The first-order valence-electron chi connectivity index (χ1n) is 5.78. The van der Waals surface area contributed by atoms with Crippen molar-refractivity contribution < 1.29 is 9.63 Å². The minimum absolute atomic E-state index is 0.0607. The molecule has 0 bridgehead atoms. The van der Waals surface area contributed by atoms with Crippen molar-refractivity contribution in [2.75, 3.05) is 13.2 Å². The van der Waals surface area contributed by atoms with E-state index in [-0.39, 0.29) is 18.0 Å². The Morgan fingerprint density at radius 1 is 1.82 bits per heavy atom. The van der Waals surface area contributed by atoms with E-state index in [4.69, 9.17) is 10.6 Å². The van der Waals surface area contributed by atoms with Crippen molar-refractivity contribution in [3.63, 3.8) is 0 Å². The molecule has 4 N–H and O–H groups in total. The van der Waals surface area contributed by atoms with Gasteiger partial charge in [-0.3, -0.25) is 9.63 Å². The number of amides is 1. The van der Waals surface area contributed by atoms with Crippen LogP contribution in [-0.4, -0.2) is 31.1 Å². The Bertz CT molecular complexity index is 313. The van der Waals surface area contributed by atoms with Crippen molar-refractivity contribution >= 4 is 5.91 Å². The summed E-state index contributed by atoms with van der Waals surface area (Å²) in [7, 11) is 0. The fourth-order valence-corrected chi connectivity index (χ4v) is 1.83. The summed E-state index contributed by atoms with van der Waals surface area (Å²) in [6, 6.07) is -0.324. The van der Waals surface area contributed by atoms with Crippen molar-refractivity contribution in [2.24, 2.45) is 11.7 Å². The van der Waals surface area contributed by atoms with Gasteiger partial charge in [0.2, 0.25) is 5.91 Å². The van der Waals surface area contributed by atoms with Crippen LogP contribution in [0.5, 0.6) is 0 Å². The normalized spacial score (nSPS) is 24.5. The summed E-state index contributed by atoms with van der Waals surface area (Å²) < 4.78 is 0. The fourth-order valence-electron chi connectivity index (χ4n) is 1.83. The molecular formula is C12H21N3O2. The van der Waals surface area contributed by atoms with E-state index in [0.717, 1.165) is 5.57 Å². The van der Waals surface area contributed by atoms with Gasteiger partial charge in [-0.25, -0.2) is 0 Å². The molecule has 5 nitrogen and oxygen atoms in total. The summed E-state index contributed by atoms with van der Waals surface area (Å²) in [5, 5.41) is 3.06. The molecule has 17 heavy (non-hydrogen) atoms. The lowest BCUT2D eigenvalue weighted by Gasteiger charge is -2.31. The zero-order valence-electron chi connectivity index (χ0n) is 10.4. The van der Waals surface area contributed by atoms with E-state index in [9.17, 15) is 4.79 Å². The number of hydrogen-bond acceptors (Lipinski definition) is 4. The second kappa shape index (κ2) is 6.54. The minimum atomic E-state index is -0.384. The summed E-state index contributed by atoms with van der Waals surface area (Å²) in [6.07, 6.45) is 3.56. The van der Waals surface area contributed by atoms with Gasteiger partial charge in [-0.05, 0) is 11.5 Å². The highest BCUT2D eigenvalue weighted by molar-refractivity contribution is 5.82. The first-order chi connectivity index (χ1) is 8.06. The van der Waals surface area contributed by atoms with Crippen LogP contribution in [0.4, 0.5) is 0 Å². The summed E-state index contributed by atoms with van der Waals surface area (Å²) in [4.78, 5) is 16.4. The molecular weight excluding hydrogens is 218 g/mol. The topological polar surface area (TPSA) is 76.4 Å². The van der Waals surface area contributed by atoms with Crippen LogP contribution in [-0.2, 0) is 9.63 Å². The Balaban J connectivity index is 2.68. The molecule has 1 aliphatic rings. The molecule has 1 rings (SSSR count). The van der Waals surface area contributed by atoms with Crippen LogP contribution in [0.3, 0.4) is 0 Å². The predicted molar refractivity (Wildman–Crippen MR) is 67.0 cm³/mol. The van der Waals surface area contributed by atoms with E-state index < -0.39 is 0 Å². The monoisotopic (exact) mass is 239 g/mol. The predicted octanol–water partition coefficient (Wildman–Crippen LogP) is 0.102. The molecule has 1 aliphatic heterocycles. The number of rotatable bonds is 6. The Hall–Kier alpha value is -1.17. The van der Waals surface area contributed by atoms with E-state index in [1.54, 1.807) is 6.08 Å². The van der Waals surface area contributed by atoms with Crippen molar-refractivity contribution in [2.45, 2.75) is 25.9 Å². The zero-order chi connectivity index (χ0) is 12.8. The molecule has 0 unspecified atom stereocenters. The molecule has 0 radical (unpaired) electrons. The third-order valence-electron chi connectivity index (χ3n) is 2.70. The number of nitrogens with one attached hydrogen (secondary N) is 2. The average Bonchev–Trinajstić information content (AvgIpc) is 2.29. The Morgan fingerprint density at radius 2 is 2.53 bits per heavy atom. The van der Waals surface area contributed by atoms with Crippen LogP contribution in [0.2, 0.25) is 0 Å². The zero-order valence-corrected chi connectivity index (χ0v) is 10.4. The average molecular weight is 239 g/mol. The molecule has 0 aliphatic carbocycles. The smallest absolute Gasteiger partial charge is 0.238 e. The van der Waals surface area contributed by atoms with E-state index in [2.05, 4.69) is 31.2 Å². The Morgan fingerprint density at radius 3 is 3.06 bits per heavy atom. The van der Waals surface area contributed by atoms with Gasteiger partial charge in [0, 0.05) is 6.54 Å². The van der Waals surface area contributed by atoms with Crippen molar-refractivity contribution in [3.8, 4) is 0 Å². The molecule has 0 saturated carbocycles. The van der Waals surface area contributed by atoms with Crippen molar-refractivity contribution in [3.05, 3.63) is 24.3 Å². The van der Waals surface area contributed by atoms with Gasteiger partial charge in [-0.1, -0.05) is 26.0 Å². The molecule has 0 aromatic rings. The number of nitrogens with two attached hydrogens (primary N) is 1. The van der Waals surface area contributed by atoms with Gasteiger partial charge in [0.15, 0.2) is 0 Å². The molecule has 5 heteroatoms. The van der Waals surface area contributed by atoms with Crippen LogP contribution >= 0.6 is 0 Å². The third kappa shape index (κ3) is 3.96.